The van der Waals surface area contributed by atoms with Gasteiger partial charge in [0, 0.05) is 42.3 Å². The summed E-state index contributed by atoms with van der Waals surface area (Å²) in [5, 5.41) is 8.16. The van der Waals surface area contributed by atoms with E-state index in [0.717, 1.165) is 36.5 Å². The Kier molecular flexibility index (Phi) is 7.09. The number of anilines is 1. The highest BCUT2D eigenvalue weighted by molar-refractivity contribution is 7.98. The molecule has 0 atom stereocenters. The first-order chi connectivity index (χ1) is 14.0. The maximum atomic E-state index is 12.5. The summed E-state index contributed by atoms with van der Waals surface area (Å²) < 4.78 is 1.72. The number of hydrogen-bond acceptors (Lipinski definition) is 6. The van der Waals surface area contributed by atoms with Gasteiger partial charge in [-0.25, -0.2) is 9.50 Å². The second-order valence-electron chi connectivity index (χ2n) is 6.87. The van der Waals surface area contributed by atoms with Crippen molar-refractivity contribution in [2.24, 2.45) is 0 Å². The van der Waals surface area contributed by atoms with Crippen LogP contribution in [0, 0.1) is 13.8 Å². The first-order valence-corrected chi connectivity index (χ1v) is 11.1. The molecule has 2 heterocycles. The van der Waals surface area contributed by atoms with E-state index in [1.54, 1.807) is 4.52 Å². The first kappa shape index (κ1) is 21.1. The van der Waals surface area contributed by atoms with Crippen molar-refractivity contribution in [3.05, 3.63) is 47.3 Å². The average Bonchev–Trinajstić information content (AvgIpc) is 3.15. The van der Waals surface area contributed by atoms with E-state index in [2.05, 4.69) is 44.3 Å². The van der Waals surface area contributed by atoms with E-state index in [-0.39, 0.29) is 5.91 Å². The van der Waals surface area contributed by atoms with Crippen LogP contribution in [0.5, 0.6) is 0 Å². The Morgan fingerprint density at radius 3 is 2.66 bits per heavy atom. The fraction of sp³-hybridized carbons (Fsp3) is 0.429. The van der Waals surface area contributed by atoms with E-state index < -0.39 is 0 Å². The van der Waals surface area contributed by atoms with Gasteiger partial charge in [-0.3, -0.25) is 4.79 Å². The Hall–Kier alpha value is -2.61. The second kappa shape index (κ2) is 9.73. The molecule has 1 N–H and O–H groups in total. The Morgan fingerprint density at radius 1 is 1.21 bits per heavy atom. The highest BCUT2D eigenvalue weighted by Gasteiger charge is 2.15. The molecule has 154 valence electrons. The topological polar surface area (TPSA) is 75.4 Å². The minimum atomic E-state index is 0.00492. The van der Waals surface area contributed by atoms with Crippen molar-refractivity contribution in [1.82, 2.24) is 24.9 Å². The number of rotatable bonds is 9. The zero-order valence-corrected chi connectivity index (χ0v) is 18.3. The lowest BCUT2D eigenvalue weighted by atomic mass is 10.1. The van der Waals surface area contributed by atoms with Gasteiger partial charge < -0.3 is 10.2 Å². The Bertz CT molecular complexity index is 972. The van der Waals surface area contributed by atoms with E-state index in [9.17, 15) is 4.79 Å². The van der Waals surface area contributed by atoms with Gasteiger partial charge in [-0.15, -0.1) is 5.10 Å². The molecule has 1 amide bonds. The lowest BCUT2D eigenvalue weighted by Gasteiger charge is -2.23. The number of nitrogens with one attached hydrogen (secondary N) is 1. The van der Waals surface area contributed by atoms with Gasteiger partial charge in [0.1, 0.15) is 0 Å². The summed E-state index contributed by atoms with van der Waals surface area (Å²) in [4.78, 5) is 23.7. The summed E-state index contributed by atoms with van der Waals surface area (Å²) in [6, 6.07) is 10.3. The molecule has 0 aliphatic rings. The number of para-hydroxylation sites is 1. The van der Waals surface area contributed by atoms with Gasteiger partial charge in [0.2, 0.25) is 11.1 Å². The van der Waals surface area contributed by atoms with E-state index in [1.165, 1.54) is 17.4 Å². The quantitative estimate of drug-likeness (QED) is 0.430. The molecule has 3 rings (SSSR count). The SMILES string of the molecule is CCN(CCCNC(=O)Cc1c(C)nc2nc(SC)nn2c1C)c1ccccc1. The standard InChI is InChI=1S/C21H28N6OS/c1-5-26(17-10-7-6-8-11-17)13-9-12-22-19(28)14-18-15(2)23-20-24-21(29-4)25-27(20)16(18)3/h6-8,10-11H,5,9,12-14H2,1-4H3,(H,22,28). The van der Waals surface area contributed by atoms with Crippen LogP contribution in [0.15, 0.2) is 35.5 Å². The van der Waals surface area contributed by atoms with Gasteiger partial charge in [-0.05, 0) is 45.6 Å². The van der Waals surface area contributed by atoms with Gasteiger partial charge in [-0.2, -0.15) is 4.98 Å². The molecule has 2 aromatic heterocycles. The van der Waals surface area contributed by atoms with Crippen LogP contribution in [0.1, 0.15) is 30.3 Å². The average molecular weight is 413 g/mol. The largest absolute Gasteiger partial charge is 0.372 e. The maximum absolute atomic E-state index is 12.5. The molecule has 0 aliphatic heterocycles. The van der Waals surface area contributed by atoms with Crippen LogP contribution in [0.3, 0.4) is 0 Å². The van der Waals surface area contributed by atoms with Crippen LogP contribution < -0.4 is 10.2 Å². The molecule has 0 radical (unpaired) electrons. The zero-order valence-electron chi connectivity index (χ0n) is 17.5. The van der Waals surface area contributed by atoms with Crippen molar-refractivity contribution < 1.29 is 4.79 Å². The summed E-state index contributed by atoms with van der Waals surface area (Å²) in [5.74, 6) is 0.583. The number of aromatic nitrogens is 4. The fourth-order valence-electron chi connectivity index (χ4n) is 3.36. The number of thioether (sulfide) groups is 1. The molecule has 7 nitrogen and oxygen atoms in total. The molecule has 29 heavy (non-hydrogen) atoms. The van der Waals surface area contributed by atoms with E-state index >= 15 is 0 Å². The van der Waals surface area contributed by atoms with Crippen molar-refractivity contribution in [3.8, 4) is 0 Å². The number of carbonyl (C=O) groups is 1. The van der Waals surface area contributed by atoms with E-state index in [4.69, 9.17) is 0 Å². The maximum Gasteiger partial charge on any atom is 0.253 e. The van der Waals surface area contributed by atoms with Gasteiger partial charge in [0.25, 0.3) is 5.78 Å². The minimum Gasteiger partial charge on any atom is -0.372 e. The molecule has 0 spiro atoms. The number of aryl methyl sites for hydroxylation is 2. The smallest absolute Gasteiger partial charge is 0.253 e. The Morgan fingerprint density at radius 2 is 1.97 bits per heavy atom. The molecular weight excluding hydrogens is 384 g/mol. The normalized spacial score (nSPS) is 11.0. The third-order valence-corrected chi connectivity index (χ3v) is 5.52. The molecule has 0 fully saturated rings. The summed E-state index contributed by atoms with van der Waals surface area (Å²) >= 11 is 1.48. The molecular formula is C21H28N6OS. The van der Waals surface area contributed by atoms with Crippen molar-refractivity contribution in [1.29, 1.82) is 0 Å². The van der Waals surface area contributed by atoms with E-state index in [0.29, 0.717) is 23.9 Å². The van der Waals surface area contributed by atoms with Gasteiger partial charge in [-0.1, -0.05) is 30.0 Å². The van der Waals surface area contributed by atoms with Crippen molar-refractivity contribution in [2.45, 2.75) is 38.8 Å². The van der Waals surface area contributed by atoms with Crippen molar-refractivity contribution in [2.75, 3.05) is 30.8 Å². The lowest BCUT2D eigenvalue weighted by Crippen LogP contribution is -2.31. The molecule has 1 aromatic carbocycles. The second-order valence-corrected chi connectivity index (χ2v) is 7.64. The Balaban J connectivity index is 1.55. The van der Waals surface area contributed by atoms with Crippen molar-refractivity contribution >= 4 is 29.1 Å². The molecule has 3 aromatic rings. The van der Waals surface area contributed by atoms with Crippen LogP contribution in [-0.2, 0) is 11.2 Å². The summed E-state index contributed by atoms with van der Waals surface area (Å²) in [5.41, 5.74) is 3.86. The first-order valence-electron chi connectivity index (χ1n) is 9.87. The third kappa shape index (κ3) is 5.06. The van der Waals surface area contributed by atoms with Crippen molar-refractivity contribution in [3.63, 3.8) is 0 Å². The third-order valence-electron chi connectivity index (χ3n) is 4.98. The number of carbonyl (C=O) groups excluding carboxylic acids is 1. The fourth-order valence-corrected chi connectivity index (χ4v) is 3.70. The van der Waals surface area contributed by atoms with Crippen LogP contribution in [0.25, 0.3) is 5.78 Å². The summed E-state index contributed by atoms with van der Waals surface area (Å²) in [6.45, 7) is 8.52. The van der Waals surface area contributed by atoms with E-state index in [1.807, 2.05) is 38.3 Å². The molecule has 0 bridgehead atoms. The van der Waals surface area contributed by atoms with Gasteiger partial charge in [0.15, 0.2) is 0 Å². The molecule has 0 saturated carbocycles. The Labute approximate surface area is 175 Å². The van der Waals surface area contributed by atoms with Gasteiger partial charge >= 0.3 is 0 Å². The zero-order chi connectivity index (χ0) is 20.8. The number of amides is 1. The highest BCUT2D eigenvalue weighted by Crippen LogP contribution is 2.17. The number of benzene rings is 1. The molecule has 0 saturated heterocycles. The molecule has 0 aliphatic carbocycles. The van der Waals surface area contributed by atoms with Crippen LogP contribution in [-0.4, -0.2) is 51.4 Å². The summed E-state index contributed by atoms with van der Waals surface area (Å²) in [6.07, 6.45) is 3.12. The van der Waals surface area contributed by atoms with Crippen LogP contribution in [0.2, 0.25) is 0 Å². The number of hydrogen-bond donors (Lipinski definition) is 1. The lowest BCUT2D eigenvalue weighted by molar-refractivity contribution is -0.120. The summed E-state index contributed by atoms with van der Waals surface area (Å²) in [7, 11) is 0. The van der Waals surface area contributed by atoms with Gasteiger partial charge in [0.05, 0.1) is 6.42 Å². The van der Waals surface area contributed by atoms with Crippen LogP contribution in [0.4, 0.5) is 5.69 Å². The highest BCUT2D eigenvalue weighted by atomic mass is 32.2. The van der Waals surface area contributed by atoms with Crippen LogP contribution >= 0.6 is 11.8 Å². The number of nitrogens with zero attached hydrogens (tertiary/aromatic N) is 5. The predicted octanol–water partition coefficient (Wildman–Crippen LogP) is 3.04. The molecule has 0 unspecified atom stereocenters. The predicted molar refractivity (Wildman–Crippen MR) is 118 cm³/mol. The monoisotopic (exact) mass is 412 g/mol. The minimum absolute atomic E-state index is 0.00492. The molecule has 8 heteroatoms. The number of fused-ring (bicyclic) bond motifs is 1.